The van der Waals surface area contributed by atoms with E-state index in [2.05, 4.69) is 10.8 Å². The summed E-state index contributed by atoms with van der Waals surface area (Å²) in [5.74, 6) is -0.252. The van der Waals surface area contributed by atoms with Crippen LogP contribution in [0, 0.1) is 6.07 Å². The zero-order valence-corrected chi connectivity index (χ0v) is 8.77. The molecule has 0 aromatic heterocycles. The van der Waals surface area contributed by atoms with Gasteiger partial charge in [0, 0.05) is 11.6 Å². The molecule has 83 valence electrons. The van der Waals surface area contributed by atoms with Gasteiger partial charge in [0.15, 0.2) is 0 Å². The summed E-state index contributed by atoms with van der Waals surface area (Å²) < 4.78 is 40.1. The fourth-order valence-corrected chi connectivity index (χ4v) is 1.21. The summed E-state index contributed by atoms with van der Waals surface area (Å²) in [6.45, 7) is 5.46. The largest absolute Gasteiger partial charge is 0.573 e. The monoisotopic (exact) mass is 217 g/mol. The lowest BCUT2D eigenvalue weighted by molar-refractivity contribution is -0.275. The van der Waals surface area contributed by atoms with Crippen molar-refractivity contribution in [3.63, 3.8) is 0 Å². The van der Waals surface area contributed by atoms with Crippen molar-refractivity contribution < 1.29 is 17.9 Å². The molecule has 1 nitrogen and oxygen atoms in total. The molecular weight excluding hydrogens is 205 g/mol. The SMILES string of the molecule is CC(C)(C)c1ccc[c]c1OC(F)(F)F. The second kappa shape index (κ2) is 3.76. The molecule has 0 saturated carbocycles. The standard InChI is InChI=1S/C11H12F3O/c1-10(2,3)8-6-4-5-7-9(8)15-11(12,13)14/h4-6H,1-3H3. The maximum atomic E-state index is 12.1. The van der Waals surface area contributed by atoms with E-state index in [9.17, 15) is 13.2 Å². The van der Waals surface area contributed by atoms with Crippen LogP contribution >= 0.6 is 0 Å². The number of alkyl halides is 3. The van der Waals surface area contributed by atoms with Gasteiger partial charge in [-0.05, 0) is 5.41 Å². The molecule has 0 fully saturated rings. The van der Waals surface area contributed by atoms with Crippen molar-refractivity contribution >= 4 is 0 Å². The van der Waals surface area contributed by atoms with Gasteiger partial charge in [-0.2, -0.15) is 0 Å². The highest BCUT2D eigenvalue weighted by atomic mass is 19.4. The van der Waals surface area contributed by atoms with Crippen LogP contribution in [0.3, 0.4) is 0 Å². The van der Waals surface area contributed by atoms with Crippen LogP contribution in [0.15, 0.2) is 18.2 Å². The van der Waals surface area contributed by atoms with Gasteiger partial charge < -0.3 is 4.74 Å². The minimum Gasteiger partial charge on any atom is -0.405 e. The fourth-order valence-electron chi connectivity index (χ4n) is 1.21. The van der Waals surface area contributed by atoms with Gasteiger partial charge >= 0.3 is 6.36 Å². The van der Waals surface area contributed by atoms with Crippen molar-refractivity contribution in [3.05, 3.63) is 29.8 Å². The van der Waals surface area contributed by atoms with Crippen molar-refractivity contribution in [1.29, 1.82) is 0 Å². The van der Waals surface area contributed by atoms with Gasteiger partial charge in [0.05, 0.1) is 0 Å². The Morgan fingerprint density at radius 1 is 1.20 bits per heavy atom. The topological polar surface area (TPSA) is 9.23 Å². The second-order valence-corrected chi connectivity index (χ2v) is 4.21. The van der Waals surface area contributed by atoms with E-state index in [1.54, 1.807) is 12.1 Å². The van der Waals surface area contributed by atoms with Gasteiger partial charge in [0.1, 0.15) is 5.75 Å². The predicted molar refractivity (Wildman–Crippen MR) is 50.7 cm³/mol. The Balaban J connectivity index is 3.08. The highest BCUT2D eigenvalue weighted by Crippen LogP contribution is 2.33. The molecule has 0 aliphatic rings. The molecule has 1 aromatic rings. The molecule has 1 radical (unpaired) electrons. The van der Waals surface area contributed by atoms with E-state index in [-0.39, 0.29) is 5.75 Å². The average molecular weight is 217 g/mol. The van der Waals surface area contributed by atoms with Crippen molar-refractivity contribution in [1.82, 2.24) is 0 Å². The average Bonchev–Trinajstić information content (AvgIpc) is 1.99. The van der Waals surface area contributed by atoms with Crippen LogP contribution in [0.5, 0.6) is 5.75 Å². The number of rotatable bonds is 1. The summed E-state index contributed by atoms with van der Waals surface area (Å²) in [5, 5.41) is 0. The zero-order valence-electron chi connectivity index (χ0n) is 8.77. The van der Waals surface area contributed by atoms with Gasteiger partial charge in [-0.15, -0.1) is 13.2 Å². The summed E-state index contributed by atoms with van der Waals surface area (Å²) >= 11 is 0. The first-order valence-electron chi connectivity index (χ1n) is 4.47. The maximum absolute atomic E-state index is 12.1. The van der Waals surface area contributed by atoms with E-state index in [0.29, 0.717) is 5.56 Å². The van der Waals surface area contributed by atoms with Gasteiger partial charge in [0.2, 0.25) is 0 Å². The van der Waals surface area contributed by atoms with E-state index in [0.717, 1.165) is 0 Å². The molecule has 0 unspecified atom stereocenters. The van der Waals surface area contributed by atoms with Crippen LogP contribution in [0.2, 0.25) is 0 Å². The Labute approximate surface area is 86.9 Å². The Hall–Kier alpha value is -1.19. The molecule has 0 saturated heterocycles. The normalized spacial score (nSPS) is 12.7. The molecule has 0 aliphatic heterocycles. The van der Waals surface area contributed by atoms with E-state index in [4.69, 9.17) is 0 Å². The lowest BCUT2D eigenvalue weighted by Gasteiger charge is -2.22. The third kappa shape index (κ3) is 3.46. The third-order valence-electron chi connectivity index (χ3n) is 1.84. The molecule has 0 heterocycles. The van der Waals surface area contributed by atoms with Crippen LogP contribution in [0.1, 0.15) is 26.3 Å². The smallest absolute Gasteiger partial charge is 0.405 e. The number of hydrogen-bond acceptors (Lipinski definition) is 1. The highest BCUT2D eigenvalue weighted by Gasteiger charge is 2.33. The number of benzene rings is 1. The van der Waals surface area contributed by atoms with Gasteiger partial charge in [-0.1, -0.05) is 39.0 Å². The van der Waals surface area contributed by atoms with Gasteiger partial charge in [-0.3, -0.25) is 0 Å². The first kappa shape index (κ1) is 11.9. The Morgan fingerprint density at radius 2 is 1.80 bits per heavy atom. The van der Waals surface area contributed by atoms with Crippen LogP contribution < -0.4 is 4.74 Å². The molecule has 0 amide bonds. The van der Waals surface area contributed by atoms with Crippen molar-refractivity contribution in [2.45, 2.75) is 32.5 Å². The molecule has 4 heteroatoms. The number of hydrogen-bond donors (Lipinski definition) is 0. The fraction of sp³-hybridized carbons (Fsp3) is 0.455. The molecule has 0 N–H and O–H groups in total. The second-order valence-electron chi connectivity index (χ2n) is 4.21. The molecule has 0 atom stereocenters. The van der Waals surface area contributed by atoms with E-state index >= 15 is 0 Å². The van der Waals surface area contributed by atoms with Crippen LogP contribution in [0.25, 0.3) is 0 Å². The van der Waals surface area contributed by atoms with Crippen LogP contribution in [-0.2, 0) is 5.41 Å². The zero-order chi connectivity index (χ0) is 11.7. The molecule has 15 heavy (non-hydrogen) atoms. The van der Waals surface area contributed by atoms with Crippen molar-refractivity contribution in [2.75, 3.05) is 0 Å². The van der Waals surface area contributed by atoms with Crippen LogP contribution in [-0.4, -0.2) is 6.36 Å². The molecule has 0 spiro atoms. The summed E-state index contributed by atoms with van der Waals surface area (Å²) in [4.78, 5) is 0. The van der Waals surface area contributed by atoms with E-state index in [1.807, 2.05) is 20.8 Å². The molecule has 1 aromatic carbocycles. The molecule has 1 rings (SSSR count). The first-order valence-corrected chi connectivity index (χ1v) is 4.47. The number of para-hydroxylation sites is 1. The summed E-state index contributed by atoms with van der Waals surface area (Å²) in [6, 6.07) is 7.11. The highest BCUT2D eigenvalue weighted by molar-refractivity contribution is 5.37. The molecule has 0 aliphatic carbocycles. The number of ether oxygens (including phenoxy) is 1. The summed E-state index contributed by atoms with van der Waals surface area (Å²) in [5.41, 5.74) is 0.0838. The summed E-state index contributed by atoms with van der Waals surface area (Å²) in [6.07, 6.45) is -4.67. The van der Waals surface area contributed by atoms with Crippen LogP contribution in [0.4, 0.5) is 13.2 Å². The van der Waals surface area contributed by atoms with E-state index in [1.165, 1.54) is 6.07 Å². The minimum absolute atomic E-state index is 0.252. The minimum atomic E-state index is -4.67. The Morgan fingerprint density at radius 3 is 2.27 bits per heavy atom. The van der Waals surface area contributed by atoms with Gasteiger partial charge in [-0.25, -0.2) is 0 Å². The predicted octanol–water partition coefficient (Wildman–Crippen LogP) is 3.68. The van der Waals surface area contributed by atoms with Gasteiger partial charge in [0.25, 0.3) is 0 Å². The Kier molecular flexibility index (Phi) is 2.98. The lowest BCUT2D eigenvalue weighted by Crippen LogP contribution is -2.21. The van der Waals surface area contributed by atoms with Crippen molar-refractivity contribution in [2.24, 2.45) is 0 Å². The number of halogens is 3. The Bertz CT molecular complexity index is 336. The quantitative estimate of drug-likeness (QED) is 0.697. The summed E-state index contributed by atoms with van der Waals surface area (Å²) in [7, 11) is 0. The first-order chi connectivity index (χ1) is 6.70. The van der Waals surface area contributed by atoms with E-state index < -0.39 is 11.8 Å². The third-order valence-corrected chi connectivity index (χ3v) is 1.84. The molecule has 0 bridgehead atoms. The maximum Gasteiger partial charge on any atom is 0.573 e. The van der Waals surface area contributed by atoms with Crippen molar-refractivity contribution in [3.8, 4) is 5.75 Å². The molecular formula is C11H12F3O. The lowest BCUT2D eigenvalue weighted by atomic mass is 9.86.